The van der Waals surface area contributed by atoms with Crippen molar-refractivity contribution in [3.63, 3.8) is 0 Å². The maximum atomic E-state index is 4.75. The first-order valence-corrected chi connectivity index (χ1v) is 11.2. The number of nitrogens with zero attached hydrogens (tertiary/aromatic N) is 6. The summed E-state index contributed by atoms with van der Waals surface area (Å²) in [5.41, 5.74) is 2.77. The average Bonchev–Trinajstić information content (AvgIpc) is 3.18. The molecule has 1 fully saturated rings. The summed E-state index contributed by atoms with van der Waals surface area (Å²) < 4.78 is 0. The van der Waals surface area contributed by atoms with Crippen molar-refractivity contribution in [2.75, 3.05) is 24.7 Å². The molecule has 0 aromatic carbocycles. The number of thiazole rings is 1. The van der Waals surface area contributed by atoms with E-state index in [1.807, 2.05) is 33.3 Å². The largest absolute Gasteiger partial charge is 0.351 e. The predicted molar refractivity (Wildman–Crippen MR) is 121 cm³/mol. The standard InChI is InChI=1S/C21H28N8S/c1-14-9-17(27-20(25-14)26-15-7-5-4-6-8-15)18-11-24-21(30-18)28-19-12-22-16(10-23-19)13-29(2)3/h9-12,15H,4-8,13H2,1-3H3,(H,23,24,28)(H,25,26,27). The van der Waals surface area contributed by atoms with Gasteiger partial charge in [0.25, 0.3) is 0 Å². The molecule has 1 saturated carbocycles. The molecule has 0 atom stereocenters. The van der Waals surface area contributed by atoms with E-state index in [4.69, 9.17) is 4.98 Å². The van der Waals surface area contributed by atoms with Crippen LogP contribution in [0.25, 0.3) is 10.6 Å². The van der Waals surface area contributed by atoms with E-state index in [1.165, 1.54) is 32.1 Å². The van der Waals surface area contributed by atoms with E-state index in [9.17, 15) is 0 Å². The number of nitrogens with one attached hydrogen (secondary N) is 2. The number of rotatable bonds is 7. The molecule has 0 bridgehead atoms. The lowest BCUT2D eigenvalue weighted by Gasteiger charge is -2.22. The minimum Gasteiger partial charge on any atom is -0.351 e. The van der Waals surface area contributed by atoms with Crippen molar-refractivity contribution < 1.29 is 0 Å². The Kier molecular flexibility index (Phi) is 6.49. The molecule has 0 amide bonds. The summed E-state index contributed by atoms with van der Waals surface area (Å²) in [5.74, 6) is 1.39. The van der Waals surface area contributed by atoms with Crippen LogP contribution in [0.1, 0.15) is 43.5 Å². The normalized spacial score (nSPS) is 14.8. The predicted octanol–water partition coefficient (Wildman–Crippen LogP) is 4.25. The molecule has 8 nitrogen and oxygen atoms in total. The van der Waals surface area contributed by atoms with Gasteiger partial charge in [-0.15, -0.1) is 0 Å². The summed E-state index contributed by atoms with van der Waals surface area (Å²) >= 11 is 1.54. The molecule has 0 radical (unpaired) electrons. The topological polar surface area (TPSA) is 91.8 Å². The zero-order chi connectivity index (χ0) is 20.9. The van der Waals surface area contributed by atoms with Gasteiger partial charge in [0.1, 0.15) is 0 Å². The van der Waals surface area contributed by atoms with Crippen LogP contribution in [0, 0.1) is 6.92 Å². The van der Waals surface area contributed by atoms with Gasteiger partial charge in [-0.25, -0.2) is 19.9 Å². The van der Waals surface area contributed by atoms with Crippen LogP contribution in [-0.4, -0.2) is 50.0 Å². The molecule has 3 aromatic rings. The lowest BCUT2D eigenvalue weighted by Crippen LogP contribution is -2.23. The highest BCUT2D eigenvalue weighted by Gasteiger charge is 2.16. The van der Waals surface area contributed by atoms with Gasteiger partial charge < -0.3 is 15.5 Å². The molecular weight excluding hydrogens is 396 g/mol. The highest BCUT2D eigenvalue weighted by atomic mass is 32.1. The molecule has 0 saturated heterocycles. The second kappa shape index (κ2) is 9.44. The van der Waals surface area contributed by atoms with Crippen LogP contribution in [0.3, 0.4) is 0 Å². The molecule has 0 aliphatic heterocycles. The van der Waals surface area contributed by atoms with Crippen molar-refractivity contribution >= 4 is 28.2 Å². The first-order valence-electron chi connectivity index (χ1n) is 10.4. The lowest BCUT2D eigenvalue weighted by molar-refractivity contribution is 0.396. The zero-order valence-electron chi connectivity index (χ0n) is 17.7. The summed E-state index contributed by atoms with van der Waals surface area (Å²) in [6.45, 7) is 2.77. The molecular formula is C21H28N8S. The average molecular weight is 425 g/mol. The van der Waals surface area contributed by atoms with Crippen molar-refractivity contribution in [3.05, 3.63) is 36.0 Å². The summed E-state index contributed by atoms with van der Waals surface area (Å²) in [6, 6.07) is 2.47. The first-order chi connectivity index (χ1) is 14.5. The maximum Gasteiger partial charge on any atom is 0.223 e. The molecule has 0 spiro atoms. The minimum atomic E-state index is 0.473. The van der Waals surface area contributed by atoms with Crippen LogP contribution in [0.15, 0.2) is 24.7 Å². The minimum absolute atomic E-state index is 0.473. The van der Waals surface area contributed by atoms with Gasteiger partial charge in [0, 0.05) is 24.5 Å². The van der Waals surface area contributed by atoms with Crippen LogP contribution < -0.4 is 10.6 Å². The number of aromatic nitrogens is 5. The van der Waals surface area contributed by atoms with Gasteiger partial charge in [0.15, 0.2) is 10.9 Å². The van der Waals surface area contributed by atoms with E-state index in [2.05, 4.69) is 35.5 Å². The zero-order valence-corrected chi connectivity index (χ0v) is 18.5. The number of hydrogen-bond donors (Lipinski definition) is 2. The Bertz CT molecular complexity index is 963. The second-order valence-electron chi connectivity index (χ2n) is 7.98. The van der Waals surface area contributed by atoms with Crippen molar-refractivity contribution in [2.24, 2.45) is 0 Å². The Morgan fingerprint density at radius 1 is 1.03 bits per heavy atom. The van der Waals surface area contributed by atoms with Crippen LogP contribution in [0.4, 0.5) is 16.9 Å². The summed E-state index contributed by atoms with van der Waals surface area (Å²) in [6.07, 6.45) is 11.6. The maximum absolute atomic E-state index is 4.75. The number of anilines is 3. The van der Waals surface area contributed by atoms with E-state index < -0.39 is 0 Å². The highest BCUT2D eigenvalue weighted by Crippen LogP contribution is 2.30. The second-order valence-corrected chi connectivity index (χ2v) is 9.01. The third-order valence-corrected chi connectivity index (χ3v) is 5.90. The van der Waals surface area contributed by atoms with Gasteiger partial charge in [-0.2, -0.15) is 0 Å². The van der Waals surface area contributed by atoms with Crippen LogP contribution >= 0.6 is 11.3 Å². The summed E-state index contributed by atoms with van der Waals surface area (Å²) in [5, 5.41) is 7.51. The molecule has 1 aliphatic rings. The van der Waals surface area contributed by atoms with Gasteiger partial charge in [-0.05, 0) is 39.9 Å². The van der Waals surface area contributed by atoms with Gasteiger partial charge >= 0.3 is 0 Å². The van der Waals surface area contributed by atoms with Gasteiger partial charge in [0.05, 0.1) is 28.7 Å². The molecule has 2 N–H and O–H groups in total. The van der Waals surface area contributed by atoms with E-state index in [0.717, 1.165) is 33.6 Å². The van der Waals surface area contributed by atoms with Gasteiger partial charge in [0.2, 0.25) is 5.95 Å². The Balaban J connectivity index is 1.45. The Labute approximate surface area is 181 Å². The Morgan fingerprint density at radius 3 is 2.60 bits per heavy atom. The molecule has 9 heteroatoms. The van der Waals surface area contributed by atoms with Crippen molar-refractivity contribution in [1.29, 1.82) is 0 Å². The molecule has 0 unspecified atom stereocenters. The highest BCUT2D eigenvalue weighted by molar-refractivity contribution is 7.18. The van der Waals surface area contributed by atoms with E-state index in [-0.39, 0.29) is 0 Å². The first kappa shape index (κ1) is 20.6. The van der Waals surface area contributed by atoms with Crippen molar-refractivity contribution in [1.82, 2.24) is 29.8 Å². The third kappa shape index (κ3) is 5.48. The molecule has 30 heavy (non-hydrogen) atoms. The van der Waals surface area contributed by atoms with E-state index in [1.54, 1.807) is 23.7 Å². The monoisotopic (exact) mass is 424 g/mol. The van der Waals surface area contributed by atoms with Crippen LogP contribution in [0.2, 0.25) is 0 Å². The third-order valence-electron chi connectivity index (χ3n) is 4.97. The molecule has 3 heterocycles. The van der Waals surface area contributed by atoms with E-state index >= 15 is 0 Å². The van der Waals surface area contributed by atoms with Crippen molar-refractivity contribution in [2.45, 2.75) is 51.6 Å². The summed E-state index contributed by atoms with van der Waals surface area (Å²) in [7, 11) is 4.02. The molecule has 4 rings (SSSR count). The summed E-state index contributed by atoms with van der Waals surface area (Å²) in [4.78, 5) is 25.7. The fourth-order valence-corrected chi connectivity index (χ4v) is 4.36. The molecule has 3 aromatic heterocycles. The fraction of sp³-hybridized carbons (Fsp3) is 0.476. The quantitative estimate of drug-likeness (QED) is 0.582. The van der Waals surface area contributed by atoms with Crippen LogP contribution in [-0.2, 0) is 6.54 Å². The SMILES string of the molecule is Cc1cc(-c2cnc(Nc3cnc(CN(C)C)cn3)s2)nc(NC2CCCCC2)n1. The van der Waals surface area contributed by atoms with Crippen LogP contribution in [0.5, 0.6) is 0 Å². The number of aryl methyl sites for hydroxylation is 1. The van der Waals surface area contributed by atoms with Gasteiger partial charge in [-0.1, -0.05) is 30.6 Å². The van der Waals surface area contributed by atoms with E-state index in [0.29, 0.717) is 17.8 Å². The molecule has 158 valence electrons. The van der Waals surface area contributed by atoms with Crippen molar-refractivity contribution in [3.8, 4) is 10.6 Å². The Morgan fingerprint density at radius 2 is 1.87 bits per heavy atom. The fourth-order valence-electron chi connectivity index (χ4n) is 3.57. The lowest BCUT2D eigenvalue weighted by atomic mass is 9.96. The van der Waals surface area contributed by atoms with Gasteiger partial charge in [-0.3, -0.25) is 4.98 Å². The smallest absolute Gasteiger partial charge is 0.223 e. The Hall–Kier alpha value is -2.65. The molecule has 1 aliphatic carbocycles. The number of hydrogen-bond acceptors (Lipinski definition) is 9.